The molecule has 0 amide bonds. The lowest BCUT2D eigenvalue weighted by Gasteiger charge is -2.29. The third kappa shape index (κ3) is 1.80. The highest BCUT2D eigenvalue weighted by Crippen LogP contribution is 2.47. The zero-order valence-corrected chi connectivity index (χ0v) is 13.8. The summed E-state index contributed by atoms with van der Waals surface area (Å²) in [6.45, 7) is 7.00. The van der Waals surface area contributed by atoms with Crippen LogP contribution in [0.5, 0.6) is 0 Å². The Morgan fingerprint density at radius 3 is 2.68 bits per heavy atom. The Morgan fingerprint density at radius 1 is 1.23 bits per heavy atom. The van der Waals surface area contributed by atoms with E-state index in [1.165, 1.54) is 5.56 Å². The van der Waals surface area contributed by atoms with Crippen molar-refractivity contribution in [2.24, 2.45) is 10.4 Å². The molecule has 22 heavy (non-hydrogen) atoms. The summed E-state index contributed by atoms with van der Waals surface area (Å²) < 4.78 is 0. The van der Waals surface area contributed by atoms with Crippen molar-refractivity contribution in [1.29, 1.82) is 0 Å². The number of rotatable bonds is 1. The third-order valence-electron chi connectivity index (χ3n) is 4.72. The number of aryl methyl sites for hydroxylation is 2. The van der Waals surface area contributed by atoms with Gasteiger partial charge in [-0.3, -0.25) is 4.79 Å². The Morgan fingerprint density at radius 2 is 1.95 bits per heavy atom. The monoisotopic (exact) mass is 310 g/mol. The number of hydrogen-bond acceptors (Lipinski definition) is 4. The number of carbonyl (C=O) groups excluding carboxylic acids is 1. The lowest BCUT2D eigenvalue weighted by molar-refractivity contribution is 0.0888. The van der Waals surface area contributed by atoms with Gasteiger partial charge in [0.1, 0.15) is 10.8 Å². The summed E-state index contributed by atoms with van der Waals surface area (Å²) in [4.78, 5) is 21.2. The fraction of sp³-hybridized carbons (Fsp3) is 0.333. The molecule has 0 bridgehead atoms. The van der Waals surface area contributed by atoms with Gasteiger partial charge in [0.25, 0.3) is 0 Å². The fourth-order valence-corrected chi connectivity index (χ4v) is 4.24. The van der Waals surface area contributed by atoms with E-state index in [-0.39, 0.29) is 5.78 Å². The van der Waals surface area contributed by atoms with Crippen LogP contribution in [0.4, 0.5) is 10.7 Å². The molecule has 2 aromatic rings. The van der Waals surface area contributed by atoms with E-state index in [1.807, 2.05) is 19.9 Å². The number of ketones is 1. The first-order valence-electron chi connectivity index (χ1n) is 7.58. The SMILES string of the molecule is Cc1ccc(N2CCC3(C)C(=O)c4cc(C)sc4N=C23)cc1. The van der Waals surface area contributed by atoms with Crippen LogP contribution in [0, 0.1) is 19.3 Å². The van der Waals surface area contributed by atoms with Crippen LogP contribution in [-0.4, -0.2) is 18.2 Å². The predicted molar refractivity (Wildman–Crippen MR) is 91.7 cm³/mol. The van der Waals surface area contributed by atoms with Crippen molar-refractivity contribution in [3.05, 3.63) is 46.3 Å². The number of nitrogens with zero attached hydrogens (tertiary/aromatic N) is 2. The van der Waals surface area contributed by atoms with Crippen molar-refractivity contribution in [3.8, 4) is 0 Å². The largest absolute Gasteiger partial charge is 0.329 e. The normalized spacial score (nSPS) is 23.3. The van der Waals surface area contributed by atoms with Gasteiger partial charge in [0.15, 0.2) is 5.78 Å². The molecule has 3 heterocycles. The minimum absolute atomic E-state index is 0.228. The first kappa shape index (κ1) is 13.7. The van der Waals surface area contributed by atoms with Gasteiger partial charge >= 0.3 is 0 Å². The minimum Gasteiger partial charge on any atom is -0.329 e. The van der Waals surface area contributed by atoms with Gasteiger partial charge in [-0.25, -0.2) is 4.99 Å². The number of benzene rings is 1. The fourth-order valence-electron chi connectivity index (χ4n) is 3.37. The second kappa shape index (κ2) is 4.53. The summed E-state index contributed by atoms with van der Waals surface area (Å²) >= 11 is 1.61. The number of aliphatic imine (C=N–C) groups is 1. The van der Waals surface area contributed by atoms with Gasteiger partial charge in [0.2, 0.25) is 0 Å². The topological polar surface area (TPSA) is 32.7 Å². The van der Waals surface area contributed by atoms with Crippen molar-refractivity contribution < 1.29 is 4.79 Å². The highest BCUT2D eigenvalue weighted by Gasteiger charge is 2.50. The van der Waals surface area contributed by atoms with Crippen LogP contribution in [-0.2, 0) is 0 Å². The van der Waals surface area contributed by atoms with E-state index in [0.29, 0.717) is 0 Å². The maximum atomic E-state index is 13.0. The van der Waals surface area contributed by atoms with Gasteiger partial charge in [-0.15, -0.1) is 11.3 Å². The van der Waals surface area contributed by atoms with Crippen molar-refractivity contribution in [2.75, 3.05) is 11.4 Å². The Hall–Kier alpha value is -1.94. The van der Waals surface area contributed by atoms with Crippen LogP contribution in [0.25, 0.3) is 0 Å². The molecule has 4 rings (SSSR count). The molecule has 1 aromatic heterocycles. The average Bonchev–Trinajstić information content (AvgIpc) is 3.02. The summed E-state index contributed by atoms with van der Waals surface area (Å²) in [5, 5.41) is 0.869. The zero-order chi connectivity index (χ0) is 15.5. The van der Waals surface area contributed by atoms with Crippen LogP contribution in [0.1, 0.15) is 34.1 Å². The van der Waals surface area contributed by atoms with E-state index >= 15 is 0 Å². The molecule has 1 atom stereocenters. The van der Waals surface area contributed by atoms with Crippen molar-refractivity contribution in [2.45, 2.75) is 27.2 Å². The van der Waals surface area contributed by atoms with Crippen LogP contribution < -0.4 is 4.90 Å². The molecule has 3 nitrogen and oxygen atoms in total. The van der Waals surface area contributed by atoms with E-state index in [0.717, 1.165) is 39.9 Å². The maximum Gasteiger partial charge on any atom is 0.179 e. The Bertz CT molecular complexity index is 803. The number of amidine groups is 1. The molecule has 112 valence electrons. The third-order valence-corrected chi connectivity index (χ3v) is 5.66. The van der Waals surface area contributed by atoms with E-state index in [4.69, 9.17) is 4.99 Å². The average molecular weight is 310 g/mol. The van der Waals surface area contributed by atoms with Crippen LogP contribution in [0.3, 0.4) is 0 Å². The molecule has 1 fully saturated rings. The lowest BCUT2D eigenvalue weighted by atomic mass is 9.79. The quantitative estimate of drug-likeness (QED) is 0.776. The molecule has 1 saturated heterocycles. The van der Waals surface area contributed by atoms with Gasteiger partial charge < -0.3 is 4.90 Å². The first-order valence-corrected chi connectivity index (χ1v) is 8.39. The first-order chi connectivity index (χ1) is 10.5. The van der Waals surface area contributed by atoms with Gasteiger partial charge in [0, 0.05) is 17.1 Å². The van der Waals surface area contributed by atoms with Crippen molar-refractivity contribution in [3.63, 3.8) is 0 Å². The molecule has 2 aliphatic heterocycles. The van der Waals surface area contributed by atoms with E-state index in [1.54, 1.807) is 11.3 Å². The van der Waals surface area contributed by atoms with Gasteiger partial charge in [0.05, 0.1) is 11.0 Å². The number of anilines is 1. The van der Waals surface area contributed by atoms with Gasteiger partial charge in [-0.2, -0.15) is 0 Å². The number of hydrogen-bond donors (Lipinski definition) is 0. The predicted octanol–water partition coefficient (Wildman–Crippen LogP) is 4.51. The smallest absolute Gasteiger partial charge is 0.179 e. The maximum absolute atomic E-state index is 13.0. The second-order valence-corrected chi connectivity index (χ2v) is 7.64. The summed E-state index contributed by atoms with van der Waals surface area (Å²) in [6, 6.07) is 10.4. The van der Waals surface area contributed by atoms with Crippen molar-refractivity contribution in [1.82, 2.24) is 0 Å². The molecule has 2 aliphatic rings. The Labute approximate surface area is 134 Å². The Balaban J connectivity index is 1.85. The summed E-state index contributed by atoms with van der Waals surface area (Å²) in [5.41, 5.74) is 2.69. The van der Waals surface area contributed by atoms with Gasteiger partial charge in [-0.1, -0.05) is 17.7 Å². The molecule has 0 spiro atoms. The zero-order valence-electron chi connectivity index (χ0n) is 13.0. The molecule has 1 unspecified atom stereocenters. The summed E-state index contributed by atoms with van der Waals surface area (Å²) in [6.07, 6.45) is 0.826. The molecule has 0 radical (unpaired) electrons. The van der Waals surface area contributed by atoms with E-state index < -0.39 is 5.41 Å². The Kier molecular flexibility index (Phi) is 2.82. The summed E-state index contributed by atoms with van der Waals surface area (Å²) in [7, 11) is 0. The molecule has 1 aromatic carbocycles. The highest BCUT2D eigenvalue weighted by atomic mass is 32.1. The molecule has 0 saturated carbocycles. The number of carbonyl (C=O) groups is 1. The van der Waals surface area contributed by atoms with E-state index in [9.17, 15) is 4.79 Å². The highest BCUT2D eigenvalue weighted by molar-refractivity contribution is 7.16. The van der Waals surface area contributed by atoms with Crippen molar-refractivity contribution >= 4 is 33.6 Å². The number of Topliss-reactive ketones (excluding diaryl/α,β-unsaturated/α-hetero) is 1. The lowest BCUT2D eigenvalue weighted by Crippen LogP contribution is -2.40. The van der Waals surface area contributed by atoms with Crippen LogP contribution >= 0.6 is 11.3 Å². The molecule has 0 aliphatic carbocycles. The van der Waals surface area contributed by atoms with Crippen LogP contribution in [0.2, 0.25) is 0 Å². The molecular formula is C18H18N2OS. The molecule has 4 heteroatoms. The minimum atomic E-state index is -0.481. The second-order valence-electron chi connectivity index (χ2n) is 6.41. The summed E-state index contributed by atoms with van der Waals surface area (Å²) in [5.74, 6) is 1.14. The number of thiophene rings is 1. The standard InChI is InChI=1S/C18H18N2OS/c1-11-4-6-13(7-5-11)20-9-8-18(3)15(21)14-10-12(2)22-16(14)19-17(18)20/h4-7,10H,8-9H2,1-3H3. The molecular weight excluding hydrogens is 292 g/mol. The van der Waals surface area contributed by atoms with Gasteiger partial charge in [-0.05, 0) is 45.4 Å². The molecule has 0 N–H and O–H groups in total. The van der Waals surface area contributed by atoms with E-state index in [2.05, 4.69) is 36.1 Å². The van der Waals surface area contributed by atoms with Crippen LogP contribution in [0.15, 0.2) is 35.3 Å². The number of fused-ring (bicyclic) bond motifs is 2.